The molecule has 2 aromatic carbocycles. The van der Waals surface area contributed by atoms with Crippen LogP contribution in [0.15, 0.2) is 46.9 Å². The van der Waals surface area contributed by atoms with E-state index >= 15 is 0 Å². The molecule has 0 amide bonds. The zero-order valence-electron chi connectivity index (χ0n) is 11.7. The zero-order valence-corrected chi connectivity index (χ0v) is 13.3. The molecule has 0 saturated heterocycles. The lowest BCUT2D eigenvalue weighted by Gasteiger charge is -2.12. The molecular weight excluding hydrogens is 336 g/mol. The van der Waals surface area contributed by atoms with E-state index < -0.39 is 0 Å². The van der Waals surface area contributed by atoms with Crippen LogP contribution in [-0.2, 0) is 6.61 Å². The van der Waals surface area contributed by atoms with Gasteiger partial charge in [0.25, 0.3) is 0 Å². The first-order valence-corrected chi connectivity index (χ1v) is 7.31. The van der Waals surface area contributed by atoms with Crippen molar-refractivity contribution in [1.82, 2.24) is 0 Å². The lowest BCUT2D eigenvalue weighted by atomic mass is 10.2. The second-order valence-corrected chi connectivity index (χ2v) is 5.21. The van der Waals surface area contributed by atoms with Crippen molar-refractivity contribution >= 4 is 15.9 Å². The molecule has 0 atom stereocenters. The smallest absolute Gasteiger partial charge is 0.161 e. The molecule has 0 fully saturated rings. The van der Waals surface area contributed by atoms with Crippen molar-refractivity contribution in [3.8, 4) is 17.2 Å². The molecule has 21 heavy (non-hydrogen) atoms. The Bertz CT molecular complexity index is 569. The van der Waals surface area contributed by atoms with Crippen LogP contribution < -0.4 is 14.2 Å². The summed E-state index contributed by atoms with van der Waals surface area (Å²) in [4.78, 5) is 0. The van der Waals surface area contributed by atoms with Crippen molar-refractivity contribution < 1.29 is 19.3 Å². The van der Waals surface area contributed by atoms with Gasteiger partial charge in [0, 0.05) is 4.47 Å². The number of aliphatic hydroxyl groups is 1. The topological polar surface area (TPSA) is 47.9 Å². The lowest BCUT2D eigenvalue weighted by molar-refractivity contribution is 0.211. The molecule has 0 aromatic heterocycles. The Kier molecular flexibility index (Phi) is 5.90. The molecular formula is C16H17BrO4. The van der Waals surface area contributed by atoms with Crippen molar-refractivity contribution in [2.75, 3.05) is 20.3 Å². The second kappa shape index (κ2) is 7.90. The molecule has 2 rings (SSSR count). The normalized spacial score (nSPS) is 10.2. The number of aliphatic hydroxyl groups excluding tert-OH is 1. The molecule has 112 valence electrons. The van der Waals surface area contributed by atoms with E-state index in [-0.39, 0.29) is 6.61 Å². The molecule has 0 spiro atoms. The summed E-state index contributed by atoms with van der Waals surface area (Å²) in [6.45, 7) is 0.820. The SMILES string of the molecule is COc1cc(CO)ccc1OCCOc1ccc(Br)cc1. The summed E-state index contributed by atoms with van der Waals surface area (Å²) >= 11 is 3.37. The van der Waals surface area contributed by atoms with Crippen LogP contribution in [0.2, 0.25) is 0 Å². The third-order valence-electron chi connectivity index (χ3n) is 2.83. The molecule has 0 heterocycles. The molecule has 1 N–H and O–H groups in total. The average Bonchev–Trinajstić information content (AvgIpc) is 2.53. The lowest BCUT2D eigenvalue weighted by Crippen LogP contribution is -2.09. The van der Waals surface area contributed by atoms with Crippen LogP contribution in [0.1, 0.15) is 5.56 Å². The van der Waals surface area contributed by atoms with Gasteiger partial charge in [0.2, 0.25) is 0 Å². The van der Waals surface area contributed by atoms with Crippen molar-refractivity contribution in [1.29, 1.82) is 0 Å². The van der Waals surface area contributed by atoms with E-state index in [0.717, 1.165) is 15.8 Å². The Morgan fingerprint density at radius 2 is 1.67 bits per heavy atom. The molecule has 4 nitrogen and oxygen atoms in total. The predicted octanol–water partition coefficient (Wildman–Crippen LogP) is 3.41. The maximum atomic E-state index is 9.09. The molecule has 0 saturated carbocycles. The largest absolute Gasteiger partial charge is 0.493 e. The van der Waals surface area contributed by atoms with Crippen LogP contribution in [-0.4, -0.2) is 25.4 Å². The highest BCUT2D eigenvalue weighted by atomic mass is 79.9. The Morgan fingerprint density at radius 1 is 0.952 bits per heavy atom. The first-order chi connectivity index (χ1) is 10.2. The molecule has 0 bridgehead atoms. The maximum absolute atomic E-state index is 9.09. The number of hydrogen-bond donors (Lipinski definition) is 1. The van der Waals surface area contributed by atoms with Crippen LogP contribution in [0.3, 0.4) is 0 Å². The molecule has 0 aliphatic carbocycles. The summed E-state index contributed by atoms with van der Waals surface area (Å²) in [5, 5.41) is 9.09. The molecule has 5 heteroatoms. The Morgan fingerprint density at radius 3 is 2.33 bits per heavy atom. The van der Waals surface area contributed by atoms with E-state index in [1.165, 1.54) is 0 Å². The minimum Gasteiger partial charge on any atom is -0.493 e. The van der Waals surface area contributed by atoms with E-state index in [9.17, 15) is 0 Å². The van der Waals surface area contributed by atoms with Crippen molar-refractivity contribution in [3.63, 3.8) is 0 Å². The summed E-state index contributed by atoms with van der Waals surface area (Å²) in [5.41, 5.74) is 0.783. The number of benzene rings is 2. The van der Waals surface area contributed by atoms with Crippen LogP contribution in [0.5, 0.6) is 17.2 Å². The highest BCUT2D eigenvalue weighted by molar-refractivity contribution is 9.10. The number of rotatable bonds is 7. The first kappa shape index (κ1) is 15.7. The number of hydrogen-bond acceptors (Lipinski definition) is 4. The van der Waals surface area contributed by atoms with E-state index in [4.69, 9.17) is 19.3 Å². The predicted molar refractivity (Wildman–Crippen MR) is 84.0 cm³/mol. The number of halogens is 1. The summed E-state index contributed by atoms with van der Waals surface area (Å²) in [7, 11) is 1.57. The van der Waals surface area contributed by atoms with Crippen molar-refractivity contribution in [2.45, 2.75) is 6.61 Å². The minimum absolute atomic E-state index is 0.0245. The van der Waals surface area contributed by atoms with Gasteiger partial charge in [-0.1, -0.05) is 22.0 Å². The third kappa shape index (κ3) is 4.65. The van der Waals surface area contributed by atoms with Gasteiger partial charge in [-0.3, -0.25) is 0 Å². The van der Waals surface area contributed by atoms with E-state index in [2.05, 4.69) is 15.9 Å². The summed E-state index contributed by atoms with van der Waals surface area (Å²) in [6.07, 6.45) is 0. The van der Waals surface area contributed by atoms with Gasteiger partial charge in [-0.05, 0) is 42.0 Å². The number of ether oxygens (including phenoxy) is 3. The highest BCUT2D eigenvalue weighted by Crippen LogP contribution is 2.28. The van der Waals surface area contributed by atoms with Crippen LogP contribution in [0, 0.1) is 0 Å². The highest BCUT2D eigenvalue weighted by Gasteiger charge is 2.05. The first-order valence-electron chi connectivity index (χ1n) is 6.52. The molecule has 0 unspecified atom stereocenters. The molecule has 2 aromatic rings. The Labute approximate surface area is 132 Å². The van der Waals surface area contributed by atoms with E-state index in [1.807, 2.05) is 24.3 Å². The van der Waals surface area contributed by atoms with Gasteiger partial charge in [-0.25, -0.2) is 0 Å². The standard InChI is InChI=1S/C16H17BrO4/c1-19-16-10-12(11-18)2-7-15(16)21-9-8-20-14-5-3-13(17)4-6-14/h2-7,10,18H,8-9,11H2,1H3. The van der Waals surface area contributed by atoms with Gasteiger partial charge in [-0.15, -0.1) is 0 Å². The van der Waals surface area contributed by atoms with Gasteiger partial charge in [0.1, 0.15) is 19.0 Å². The van der Waals surface area contributed by atoms with Crippen LogP contribution >= 0.6 is 15.9 Å². The van der Waals surface area contributed by atoms with Gasteiger partial charge in [-0.2, -0.15) is 0 Å². The monoisotopic (exact) mass is 352 g/mol. The molecule has 0 aliphatic heterocycles. The summed E-state index contributed by atoms with van der Waals surface area (Å²) in [6, 6.07) is 13.0. The fourth-order valence-electron chi connectivity index (χ4n) is 1.77. The van der Waals surface area contributed by atoms with E-state index in [0.29, 0.717) is 24.7 Å². The van der Waals surface area contributed by atoms with Gasteiger partial charge < -0.3 is 19.3 Å². The fraction of sp³-hybridized carbons (Fsp3) is 0.250. The number of methoxy groups -OCH3 is 1. The summed E-state index contributed by atoms with van der Waals surface area (Å²) < 4.78 is 17.5. The Balaban J connectivity index is 1.84. The third-order valence-corrected chi connectivity index (χ3v) is 3.36. The second-order valence-electron chi connectivity index (χ2n) is 4.29. The van der Waals surface area contributed by atoms with Crippen LogP contribution in [0.25, 0.3) is 0 Å². The van der Waals surface area contributed by atoms with Gasteiger partial charge in [0.05, 0.1) is 13.7 Å². The van der Waals surface area contributed by atoms with Gasteiger partial charge in [0.15, 0.2) is 11.5 Å². The Hall–Kier alpha value is -1.72. The summed E-state index contributed by atoms with van der Waals surface area (Å²) in [5.74, 6) is 2.03. The van der Waals surface area contributed by atoms with Crippen molar-refractivity contribution in [2.24, 2.45) is 0 Å². The fourth-order valence-corrected chi connectivity index (χ4v) is 2.04. The van der Waals surface area contributed by atoms with Crippen LogP contribution in [0.4, 0.5) is 0 Å². The molecule has 0 aliphatic rings. The van der Waals surface area contributed by atoms with E-state index in [1.54, 1.807) is 25.3 Å². The quantitative estimate of drug-likeness (QED) is 0.775. The average molecular weight is 353 g/mol. The zero-order chi connectivity index (χ0) is 15.1. The van der Waals surface area contributed by atoms with Gasteiger partial charge >= 0.3 is 0 Å². The minimum atomic E-state index is -0.0245. The molecule has 0 radical (unpaired) electrons. The van der Waals surface area contributed by atoms with Crippen molar-refractivity contribution in [3.05, 3.63) is 52.5 Å². The maximum Gasteiger partial charge on any atom is 0.161 e.